The van der Waals surface area contributed by atoms with Crippen LogP contribution in [0.15, 0.2) is 22.1 Å². The molecule has 0 radical (unpaired) electrons. The van der Waals surface area contributed by atoms with E-state index in [4.69, 9.17) is 9.84 Å². The van der Waals surface area contributed by atoms with Gasteiger partial charge in [-0.3, -0.25) is 4.79 Å². The van der Waals surface area contributed by atoms with E-state index in [0.29, 0.717) is 24.4 Å². The third kappa shape index (κ3) is 2.65. The van der Waals surface area contributed by atoms with Crippen molar-refractivity contribution < 1.29 is 24.2 Å². The Balaban J connectivity index is 2.05. The molecule has 2 aliphatic heterocycles. The highest BCUT2D eigenvalue weighted by Gasteiger charge is 2.47. The SMILES string of the molecule is CCOC(=O)C=CSC1=C(C(=O)O)N2C(=O)CC2C1. The number of β-lactam (4-membered cyclic amide) rings is 1. The number of carboxylic acid groups (broad SMARTS) is 1. The lowest BCUT2D eigenvalue weighted by Gasteiger charge is -2.34. The average Bonchev–Trinajstić information content (AvgIpc) is 2.62. The van der Waals surface area contributed by atoms with E-state index in [0.717, 1.165) is 11.8 Å². The molecule has 0 spiro atoms. The van der Waals surface area contributed by atoms with Gasteiger partial charge in [0, 0.05) is 23.8 Å². The van der Waals surface area contributed by atoms with E-state index < -0.39 is 11.9 Å². The van der Waals surface area contributed by atoms with Crippen LogP contribution in [0.1, 0.15) is 19.8 Å². The molecule has 0 aromatic rings. The van der Waals surface area contributed by atoms with Crippen LogP contribution >= 0.6 is 11.8 Å². The molecule has 6 nitrogen and oxygen atoms in total. The molecule has 2 heterocycles. The number of esters is 1. The first-order valence-electron chi connectivity index (χ1n) is 5.83. The second kappa shape index (κ2) is 5.48. The third-order valence-corrected chi connectivity index (χ3v) is 3.79. The van der Waals surface area contributed by atoms with Crippen LogP contribution in [0.4, 0.5) is 0 Å². The van der Waals surface area contributed by atoms with Crippen LogP contribution in [0.2, 0.25) is 0 Å². The maximum atomic E-state index is 11.4. The van der Waals surface area contributed by atoms with Gasteiger partial charge in [0.2, 0.25) is 5.91 Å². The quantitative estimate of drug-likeness (QED) is 0.462. The maximum Gasteiger partial charge on any atom is 0.353 e. The summed E-state index contributed by atoms with van der Waals surface area (Å²) in [6.07, 6.45) is 2.17. The van der Waals surface area contributed by atoms with Crippen LogP contribution in [0, 0.1) is 0 Å². The van der Waals surface area contributed by atoms with Crippen LogP contribution < -0.4 is 0 Å². The van der Waals surface area contributed by atoms with Gasteiger partial charge in [-0.1, -0.05) is 11.8 Å². The molecule has 2 rings (SSSR count). The van der Waals surface area contributed by atoms with Gasteiger partial charge in [0.25, 0.3) is 0 Å². The second-order valence-corrected chi connectivity index (χ2v) is 5.08. The topological polar surface area (TPSA) is 83.9 Å². The number of rotatable bonds is 5. The number of hydrogen-bond donors (Lipinski definition) is 1. The summed E-state index contributed by atoms with van der Waals surface area (Å²) in [6.45, 7) is 2.00. The number of amides is 1. The molecule has 1 saturated heterocycles. The zero-order chi connectivity index (χ0) is 14.0. The average molecular weight is 283 g/mol. The van der Waals surface area contributed by atoms with Crippen LogP contribution in [0.25, 0.3) is 0 Å². The number of fused-ring (bicyclic) bond motifs is 1. The van der Waals surface area contributed by atoms with E-state index in [9.17, 15) is 14.4 Å². The van der Waals surface area contributed by atoms with Crippen molar-refractivity contribution in [1.82, 2.24) is 4.90 Å². The first-order chi connectivity index (χ1) is 9.04. The summed E-state index contributed by atoms with van der Waals surface area (Å²) in [7, 11) is 0. The number of carboxylic acids is 1. The third-order valence-electron chi connectivity index (χ3n) is 2.87. The van der Waals surface area contributed by atoms with Crippen molar-refractivity contribution in [3.05, 3.63) is 22.1 Å². The predicted octanol–water partition coefficient (Wildman–Crippen LogP) is 1.10. The Bertz CT molecular complexity index is 496. The molecule has 0 aromatic carbocycles. The van der Waals surface area contributed by atoms with Gasteiger partial charge in [0.15, 0.2) is 0 Å². The van der Waals surface area contributed by atoms with Crippen LogP contribution in [0.5, 0.6) is 0 Å². The lowest BCUT2D eigenvalue weighted by molar-refractivity contribution is -0.147. The largest absolute Gasteiger partial charge is 0.477 e. The van der Waals surface area contributed by atoms with Crippen molar-refractivity contribution in [1.29, 1.82) is 0 Å². The molecule has 19 heavy (non-hydrogen) atoms. The lowest BCUT2D eigenvalue weighted by atomic mass is 10.0. The van der Waals surface area contributed by atoms with Gasteiger partial charge in [0.1, 0.15) is 5.70 Å². The van der Waals surface area contributed by atoms with Crippen molar-refractivity contribution in [3.8, 4) is 0 Å². The van der Waals surface area contributed by atoms with Crippen molar-refractivity contribution in [2.24, 2.45) is 0 Å². The number of aliphatic carboxylic acids is 1. The van der Waals surface area contributed by atoms with Crippen molar-refractivity contribution in [2.75, 3.05) is 6.61 Å². The number of carbonyl (C=O) groups excluding carboxylic acids is 2. The Morgan fingerprint density at radius 2 is 2.26 bits per heavy atom. The van der Waals surface area contributed by atoms with E-state index in [1.807, 2.05) is 0 Å². The minimum absolute atomic E-state index is 0.0305. The van der Waals surface area contributed by atoms with Gasteiger partial charge < -0.3 is 14.7 Å². The molecule has 2 aliphatic rings. The van der Waals surface area contributed by atoms with Crippen molar-refractivity contribution >= 4 is 29.6 Å². The molecule has 7 heteroatoms. The molecule has 0 saturated carbocycles. The molecule has 0 aromatic heterocycles. The van der Waals surface area contributed by atoms with Gasteiger partial charge >= 0.3 is 11.9 Å². The fourth-order valence-corrected chi connectivity index (χ4v) is 3.02. The Hall–Kier alpha value is -1.76. The van der Waals surface area contributed by atoms with E-state index >= 15 is 0 Å². The monoisotopic (exact) mass is 283 g/mol. The zero-order valence-corrected chi connectivity index (χ0v) is 11.1. The minimum Gasteiger partial charge on any atom is -0.477 e. The number of carbonyl (C=O) groups is 3. The van der Waals surface area contributed by atoms with E-state index in [1.165, 1.54) is 16.4 Å². The summed E-state index contributed by atoms with van der Waals surface area (Å²) in [5, 5.41) is 10.6. The highest BCUT2D eigenvalue weighted by Crippen LogP contribution is 2.43. The predicted molar refractivity (Wildman–Crippen MR) is 67.9 cm³/mol. The Morgan fingerprint density at radius 1 is 1.53 bits per heavy atom. The normalized spacial score (nSPS) is 21.6. The van der Waals surface area contributed by atoms with Gasteiger partial charge in [-0.25, -0.2) is 9.59 Å². The van der Waals surface area contributed by atoms with Crippen LogP contribution in [0.3, 0.4) is 0 Å². The summed E-state index contributed by atoms with van der Waals surface area (Å²) in [5.74, 6) is -1.74. The van der Waals surface area contributed by atoms with Crippen LogP contribution in [-0.2, 0) is 19.1 Å². The molecule has 1 N–H and O–H groups in total. The minimum atomic E-state index is -1.11. The highest BCUT2D eigenvalue weighted by molar-refractivity contribution is 8.05. The fraction of sp³-hybridized carbons (Fsp3) is 0.417. The Labute approximate surface area is 114 Å². The lowest BCUT2D eigenvalue weighted by Crippen LogP contribution is -2.49. The maximum absolute atomic E-state index is 11.4. The number of hydrogen-bond acceptors (Lipinski definition) is 5. The molecule has 102 valence electrons. The second-order valence-electron chi connectivity index (χ2n) is 4.08. The molecular weight excluding hydrogens is 270 g/mol. The smallest absolute Gasteiger partial charge is 0.353 e. The van der Waals surface area contributed by atoms with Crippen molar-refractivity contribution in [3.63, 3.8) is 0 Å². The number of thioether (sulfide) groups is 1. The first kappa shape index (κ1) is 13.7. The van der Waals surface area contributed by atoms with E-state index in [2.05, 4.69) is 0 Å². The molecule has 1 fully saturated rings. The van der Waals surface area contributed by atoms with Gasteiger partial charge in [-0.15, -0.1) is 0 Å². The summed E-state index contributed by atoms with van der Waals surface area (Å²) in [6, 6.07) is -0.0305. The molecule has 0 bridgehead atoms. The van der Waals surface area contributed by atoms with Crippen LogP contribution in [-0.4, -0.2) is 40.5 Å². The Kier molecular flexibility index (Phi) is 3.94. The van der Waals surface area contributed by atoms with E-state index in [-0.39, 0.29) is 17.6 Å². The summed E-state index contributed by atoms with van der Waals surface area (Å²) in [5.41, 5.74) is 0.0414. The standard InChI is InChI=1S/C12H13NO5S/c1-2-18-10(15)3-4-19-8-5-7-6-9(14)13(7)11(8)12(16)17/h3-4,7H,2,5-6H2,1H3,(H,16,17). The first-order valence-corrected chi connectivity index (χ1v) is 6.71. The van der Waals surface area contributed by atoms with Gasteiger partial charge in [-0.2, -0.15) is 0 Å². The molecule has 1 unspecified atom stereocenters. The molecule has 0 aliphatic carbocycles. The number of ether oxygens (including phenoxy) is 1. The summed E-state index contributed by atoms with van der Waals surface area (Å²) in [4.78, 5) is 35.6. The zero-order valence-electron chi connectivity index (χ0n) is 10.3. The molecular formula is C12H13NO5S. The summed E-state index contributed by atoms with van der Waals surface area (Å²) >= 11 is 1.15. The fourth-order valence-electron chi connectivity index (χ4n) is 2.09. The number of nitrogens with zero attached hydrogens (tertiary/aromatic N) is 1. The highest BCUT2D eigenvalue weighted by atomic mass is 32.2. The van der Waals surface area contributed by atoms with Gasteiger partial charge in [-0.05, 0) is 12.3 Å². The molecule has 1 amide bonds. The Morgan fingerprint density at radius 3 is 2.84 bits per heavy atom. The van der Waals surface area contributed by atoms with E-state index in [1.54, 1.807) is 6.92 Å². The summed E-state index contributed by atoms with van der Waals surface area (Å²) < 4.78 is 4.72. The van der Waals surface area contributed by atoms with Crippen molar-refractivity contribution in [2.45, 2.75) is 25.8 Å². The van der Waals surface area contributed by atoms with Gasteiger partial charge in [0.05, 0.1) is 12.6 Å². The molecule has 1 atom stereocenters.